The van der Waals surface area contributed by atoms with Gasteiger partial charge >= 0.3 is 0 Å². The number of aliphatic imine (C=N–C) groups is 1. The summed E-state index contributed by atoms with van der Waals surface area (Å²) in [7, 11) is 5.98. The number of fused-ring (bicyclic) bond motifs is 1. The van der Waals surface area contributed by atoms with Crippen molar-refractivity contribution in [2.24, 2.45) is 4.99 Å². The molecule has 0 fully saturated rings. The number of aliphatic hydroxyl groups is 2. The second kappa shape index (κ2) is 8.64. The topological polar surface area (TPSA) is 126 Å². The minimum atomic E-state index is -0.862. The summed E-state index contributed by atoms with van der Waals surface area (Å²) in [5.41, 5.74) is 11.5. The first-order valence-electron chi connectivity index (χ1n) is 8.81. The zero-order valence-electron chi connectivity index (χ0n) is 15.4. The second-order valence-corrected chi connectivity index (χ2v) is 6.54. The molecule has 10 heteroatoms. The Bertz CT molecular complexity index is 896. The third-order valence-corrected chi connectivity index (χ3v) is 4.43. The Morgan fingerprint density at radius 3 is 2.93 bits per heavy atom. The molecule has 1 aromatic carbocycles. The van der Waals surface area contributed by atoms with E-state index < -0.39 is 18.0 Å². The van der Waals surface area contributed by atoms with Crippen molar-refractivity contribution in [1.82, 2.24) is 15.4 Å². The number of anilines is 1. The average molecular weight is 385 g/mol. The molecule has 2 heterocycles. The molecule has 5 N–H and O–H groups in total. The number of nitrogens with one attached hydrogen (secondary N) is 1. The normalized spacial score (nSPS) is 17.0. The maximum atomic E-state index is 13.4. The number of aliphatic hydroxyl groups excluding tert-OH is 2. The molecular formula is C18H21BFN5O3. The van der Waals surface area contributed by atoms with Crippen LogP contribution in [0.3, 0.4) is 0 Å². The average Bonchev–Trinajstić information content (AvgIpc) is 2.64. The fraction of sp³-hybridized carbons (Fsp3) is 0.389. The molecule has 0 spiro atoms. The van der Waals surface area contributed by atoms with E-state index in [0.717, 1.165) is 0 Å². The van der Waals surface area contributed by atoms with Crippen molar-refractivity contribution in [2.45, 2.75) is 31.9 Å². The molecule has 0 aliphatic carbocycles. The molecule has 0 saturated carbocycles. The van der Waals surface area contributed by atoms with E-state index in [1.807, 2.05) is 0 Å². The van der Waals surface area contributed by atoms with Crippen LogP contribution in [0.2, 0.25) is 0 Å². The summed E-state index contributed by atoms with van der Waals surface area (Å²) >= 11 is 0. The van der Waals surface area contributed by atoms with E-state index in [0.29, 0.717) is 40.2 Å². The van der Waals surface area contributed by atoms with E-state index in [-0.39, 0.29) is 25.6 Å². The van der Waals surface area contributed by atoms with Gasteiger partial charge in [0.1, 0.15) is 13.7 Å². The quantitative estimate of drug-likeness (QED) is 0.303. The van der Waals surface area contributed by atoms with Crippen LogP contribution in [-0.4, -0.2) is 53.2 Å². The maximum Gasteiger partial charge on any atom is 0.220 e. The summed E-state index contributed by atoms with van der Waals surface area (Å²) in [6.07, 6.45) is -0.193. The van der Waals surface area contributed by atoms with Crippen LogP contribution >= 0.6 is 0 Å². The standard InChI is InChI=1S/C18H21BFN5O3/c1-9-16-15(24-18(21)22-9)7-14(12-3-2-10(20)6-13(12)19)23-17(16)25-28-5-4-11(27)8-26/h2-3,6,11,14,26-27H,4-5,7-8H2,1H3,(H,23,25)(H2,21,22,24)/t11-,14+/m0/s1. The van der Waals surface area contributed by atoms with Gasteiger partial charge in [-0.2, -0.15) is 0 Å². The number of nitrogens with zero attached hydrogens (tertiary/aromatic N) is 3. The number of rotatable bonds is 6. The summed E-state index contributed by atoms with van der Waals surface area (Å²) in [5.74, 6) is 0.120. The summed E-state index contributed by atoms with van der Waals surface area (Å²) in [6, 6.07) is 3.77. The van der Waals surface area contributed by atoms with Crippen LogP contribution in [-0.2, 0) is 11.3 Å². The third-order valence-electron chi connectivity index (χ3n) is 4.43. The highest BCUT2D eigenvalue weighted by Crippen LogP contribution is 2.29. The molecular weight excluding hydrogens is 364 g/mol. The Labute approximate surface area is 163 Å². The first-order valence-corrected chi connectivity index (χ1v) is 8.81. The minimum Gasteiger partial charge on any atom is -0.394 e. The SMILES string of the molecule is [B]c1cc(F)ccc1[C@H]1Cc2nc(N)nc(C)c2C(NOCC[C@H](O)CO)=N1. The highest BCUT2D eigenvalue weighted by atomic mass is 19.1. The maximum absolute atomic E-state index is 13.4. The van der Waals surface area contributed by atoms with E-state index in [2.05, 4.69) is 20.4 Å². The molecule has 28 heavy (non-hydrogen) atoms. The van der Waals surface area contributed by atoms with Gasteiger partial charge in [-0.25, -0.2) is 19.8 Å². The number of nitrogens with two attached hydrogens (primary N) is 1. The molecule has 1 aliphatic heterocycles. The lowest BCUT2D eigenvalue weighted by atomic mass is 9.84. The molecule has 0 unspecified atom stereocenters. The Balaban J connectivity index is 1.89. The predicted octanol–water partition coefficient (Wildman–Crippen LogP) is -0.391. The molecule has 2 atom stereocenters. The van der Waals surface area contributed by atoms with Gasteiger partial charge in [0, 0.05) is 12.8 Å². The highest BCUT2D eigenvalue weighted by Gasteiger charge is 2.27. The van der Waals surface area contributed by atoms with Crippen LogP contribution in [0.4, 0.5) is 10.3 Å². The lowest BCUT2D eigenvalue weighted by molar-refractivity contribution is 0.0287. The van der Waals surface area contributed by atoms with Gasteiger partial charge in [-0.1, -0.05) is 11.5 Å². The van der Waals surface area contributed by atoms with Crippen LogP contribution in [0.5, 0.6) is 0 Å². The van der Waals surface area contributed by atoms with Crippen molar-refractivity contribution < 1.29 is 19.4 Å². The summed E-state index contributed by atoms with van der Waals surface area (Å²) in [6.45, 7) is 1.59. The van der Waals surface area contributed by atoms with Gasteiger partial charge in [-0.15, -0.1) is 0 Å². The van der Waals surface area contributed by atoms with Crippen molar-refractivity contribution in [1.29, 1.82) is 0 Å². The lowest BCUT2D eigenvalue weighted by Gasteiger charge is -2.25. The van der Waals surface area contributed by atoms with E-state index in [1.54, 1.807) is 13.0 Å². The third kappa shape index (κ3) is 4.46. The minimum absolute atomic E-state index is 0.147. The monoisotopic (exact) mass is 385 g/mol. The lowest BCUT2D eigenvalue weighted by Crippen LogP contribution is -2.33. The number of hydrogen-bond acceptors (Lipinski definition) is 8. The summed E-state index contributed by atoms with van der Waals surface area (Å²) in [5, 5.41) is 18.3. The zero-order valence-corrected chi connectivity index (χ0v) is 15.4. The van der Waals surface area contributed by atoms with Crippen molar-refractivity contribution in [3.63, 3.8) is 0 Å². The molecule has 1 aliphatic rings. The Morgan fingerprint density at radius 2 is 2.21 bits per heavy atom. The first kappa shape index (κ1) is 20.2. The number of benzene rings is 1. The van der Waals surface area contributed by atoms with Crippen molar-refractivity contribution in [3.05, 3.63) is 46.5 Å². The predicted molar refractivity (Wildman–Crippen MR) is 103 cm³/mol. The fourth-order valence-corrected chi connectivity index (χ4v) is 3.07. The van der Waals surface area contributed by atoms with E-state index in [1.165, 1.54) is 12.1 Å². The number of halogens is 1. The van der Waals surface area contributed by atoms with Crippen LogP contribution in [0, 0.1) is 12.7 Å². The number of nitrogen functional groups attached to an aromatic ring is 1. The highest BCUT2D eigenvalue weighted by molar-refractivity contribution is 6.33. The van der Waals surface area contributed by atoms with Gasteiger partial charge in [-0.05, 0) is 24.6 Å². The molecule has 0 saturated heterocycles. The number of aromatic nitrogens is 2. The number of aryl methyl sites for hydroxylation is 1. The Kier molecular flexibility index (Phi) is 6.23. The molecule has 3 rings (SSSR count). The smallest absolute Gasteiger partial charge is 0.220 e. The van der Waals surface area contributed by atoms with Crippen LogP contribution < -0.4 is 16.7 Å². The van der Waals surface area contributed by atoms with E-state index >= 15 is 0 Å². The summed E-state index contributed by atoms with van der Waals surface area (Å²) < 4.78 is 13.4. The second-order valence-electron chi connectivity index (χ2n) is 6.54. The van der Waals surface area contributed by atoms with E-state index in [9.17, 15) is 9.50 Å². The van der Waals surface area contributed by atoms with Gasteiger partial charge in [0.15, 0.2) is 5.84 Å². The van der Waals surface area contributed by atoms with Crippen LogP contribution in [0.15, 0.2) is 23.2 Å². The fourth-order valence-electron chi connectivity index (χ4n) is 3.07. The van der Waals surface area contributed by atoms with Gasteiger partial charge in [-0.3, -0.25) is 9.83 Å². The summed E-state index contributed by atoms with van der Waals surface area (Å²) in [4.78, 5) is 18.5. The number of amidine groups is 1. The van der Waals surface area contributed by atoms with Gasteiger partial charge < -0.3 is 15.9 Å². The Morgan fingerprint density at radius 1 is 1.43 bits per heavy atom. The molecule has 0 amide bonds. The van der Waals surface area contributed by atoms with Crippen molar-refractivity contribution in [2.75, 3.05) is 18.9 Å². The van der Waals surface area contributed by atoms with Crippen LogP contribution in [0.1, 0.15) is 35.0 Å². The van der Waals surface area contributed by atoms with Crippen LogP contribution in [0.25, 0.3) is 0 Å². The molecule has 8 nitrogen and oxygen atoms in total. The zero-order chi connectivity index (χ0) is 20.3. The van der Waals surface area contributed by atoms with Gasteiger partial charge in [0.25, 0.3) is 0 Å². The molecule has 1 aromatic heterocycles. The molecule has 146 valence electrons. The van der Waals surface area contributed by atoms with Crippen molar-refractivity contribution >= 4 is 25.1 Å². The Hall–Kier alpha value is -2.56. The first-order chi connectivity index (χ1) is 13.4. The molecule has 2 radical (unpaired) electrons. The molecule has 2 aromatic rings. The number of hydrogen-bond donors (Lipinski definition) is 4. The largest absolute Gasteiger partial charge is 0.394 e. The number of hydroxylamine groups is 1. The van der Waals surface area contributed by atoms with Gasteiger partial charge in [0.2, 0.25) is 5.95 Å². The molecule has 0 bridgehead atoms. The van der Waals surface area contributed by atoms with Gasteiger partial charge in [0.05, 0.1) is 42.3 Å². The van der Waals surface area contributed by atoms with E-state index in [4.69, 9.17) is 23.5 Å². The van der Waals surface area contributed by atoms with Crippen molar-refractivity contribution in [3.8, 4) is 0 Å².